The zero-order chi connectivity index (χ0) is 21.4. The first-order chi connectivity index (χ1) is 15.1. The zero-order valence-electron chi connectivity index (χ0n) is 17.3. The van der Waals surface area contributed by atoms with Crippen molar-refractivity contribution in [2.45, 2.75) is 26.2 Å². The number of ether oxygens (including phenoxy) is 1. The van der Waals surface area contributed by atoms with Gasteiger partial charge in [0.25, 0.3) is 0 Å². The van der Waals surface area contributed by atoms with Crippen molar-refractivity contribution in [2.24, 2.45) is 5.41 Å². The lowest BCUT2D eigenvalue weighted by Gasteiger charge is -2.37. The average Bonchev–Trinajstić information content (AvgIpc) is 3.51. The molecular formula is C20H24N8O3. The predicted molar refractivity (Wildman–Crippen MR) is 107 cm³/mol. The van der Waals surface area contributed by atoms with Gasteiger partial charge in [-0.2, -0.15) is 4.68 Å². The number of esters is 1. The maximum absolute atomic E-state index is 13.2. The number of nitrogens with one attached hydrogen (secondary N) is 1. The summed E-state index contributed by atoms with van der Waals surface area (Å²) in [5, 5.41) is 12.6. The summed E-state index contributed by atoms with van der Waals surface area (Å²) < 4.78 is 6.59. The highest BCUT2D eigenvalue weighted by molar-refractivity contribution is 5.94. The number of hydrazine groups is 1. The van der Waals surface area contributed by atoms with E-state index >= 15 is 0 Å². The van der Waals surface area contributed by atoms with E-state index < -0.39 is 5.41 Å². The summed E-state index contributed by atoms with van der Waals surface area (Å²) in [6.07, 6.45) is 5.85. The third kappa shape index (κ3) is 3.59. The van der Waals surface area contributed by atoms with Crippen molar-refractivity contribution < 1.29 is 14.3 Å². The number of piperidine rings is 1. The molecule has 1 amide bonds. The van der Waals surface area contributed by atoms with Gasteiger partial charge in [-0.05, 0) is 61.3 Å². The third-order valence-electron chi connectivity index (χ3n) is 6.50. The van der Waals surface area contributed by atoms with Crippen LogP contribution in [0.1, 0.15) is 25.3 Å². The van der Waals surface area contributed by atoms with E-state index in [1.54, 1.807) is 11.9 Å². The standard InChI is InChI=1S/C20H24N8O3/c1-14-16(11-31-18(14)29)28-19(30)20(12-23-28)5-8-26(9-6-20)7-4-15-2-3-17(21-10-15)27-13-22-24-25-27/h2-3,10,13,23H,4-9,11-12H2,1H3. The molecule has 0 aromatic carbocycles. The van der Waals surface area contributed by atoms with Crippen molar-refractivity contribution in [3.05, 3.63) is 41.5 Å². The van der Waals surface area contributed by atoms with Crippen LogP contribution in [0.15, 0.2) is 35.9 Å². The van der Waals surface area contributed by atoms with Crippen LogP contribution in [0, 0.1) is 5.41 Å². The summed E-state index contributed by atoms with van der Waals surface area (Å²) in [7, 11) is 0. The van der Waals surface area contributed by atoms with Crippen LogP contribution >= 0.6 is 0 Å². The maximum Gasteiger partial charge on any atom is 0.336 e. The van der Waals surface area contributed by atoms with Gasteiger partial charge in [0, 0.05) is 19.3 Å². The van der Waals surface area contributed by atoms with E-state index in [1.165, 1.54) is 11.0 Å². The highest BCUT2D eigenvalue weighted by Crippen LogP contribution is 2.38. The van der Waals surface area contributed by atoms with E-state index in [1.807, 2.05) is 18.3 Å². The first kappa shape index (κ1) is 19.8. The largest absolute Gasteiger partial charge is 0.456 e. The fourth-order valence-corrected chi connectivity index (χ4v) is 4.38. The van der Waals surface area contributed by atoms with Gasteiger partial charge >= 0.3 is 5.97 Å². The molecule has 0 unspecified atom stereocenters. The monoisotopic (exact) mass is 424 g/mol. The van der Waals surface area contributed by atoms with Gasteiger partial charge in [0.2, 0.25) is 5.91 Å². The highest BCUT2D eigenvalue weighted by Gasteiger charge is 2.50. The van der Waals surface area contributed by atoms with Gasteiger partial charge in [0.05, 0.1) is 16.7 Å². The van der Waals surface area contributed by atoms with Gasteiger partial charge in [-0.1, -0.05) is 6.07 Å². The minimum atomic E-state index is -0.398. The van der Waals surface area contributed by atoms with Gasteiger partial charge in [-0.15, -0.1) is 5.10 Å². The molecule has 2 saturated heterocycles. The molecule has 0 radical (unpaired) electrons. The van der Waals surface area contributed by atoms with Crippen molar-refractivity contribution in [1.82, 2.24) is 40.5 Å². The Kier molecular flexibility index (Phi) is 4.98. The summed E-state index contributed by atoms with van der Waals surface area (Å²) in [5.74, 6) is 0.396. The average molecular weight is 424 g/mol. The van der Waals surface area contributed by atoms with Gasteiger partial charge < -0.3 is 9.64 Å². The van der Waals surface area contributed by atoms with E-state index in [4.69, 9.17) is 4.74 Å². The van der Waals surface area contributed by atoms with Crippen LogP contribution in [-0.4, -0.2) is 79.8 Å². The van der Waals surface area contributed by atoms with Crippen LogP contribution in [0.4, 0.5) is 0 Å². The van der Waals surface area contributed by atoms with Crippen LogP contribution in [0.5, 0.6) is 0 Å². The molecule has 5 heterocycles. The number of pyridine rings is 1. The van der Waals surface area contributed by atoms with Crippen LogP contribution < -0.4 is 5.43 Å². The molecule has 11 heteroatoms. The van der Waals surface area contributed by atoms with Crippen molar-refractivity contribution in [3.63, 3.8) is 0 Å². The fraction of sp³-hybridized carbons (Fsp3) is 0.500. The Balaban J connectivity index is 1.15. The van der Waals surface area contributed by atoms with E-state index in [-0.39, 0.29) is 18.5 Å². The molecule has 3 aliphatic heterocycles. The van der Waals surface area contributed by atoms with Gasteiger partial charge in [-0.25, -0.2) is 20.2 Å². The zero-order valence-corrected chi connectivity index (χ0v) is 17.3. The third-order valence-corrected chi connectivity index (χ3v) is 6.50. The van der Waals surface area contributed by atoms with Crippen molar-refractivity contribution >= 4 is 11.9 Å². The Labute approximate surface area is 179 Å². The lowest BCUT2D eigenvalue weighted by Crippen LogP contribution is -2.46. The second-order valence-corrected chi connectivity index (χ2v) is 8.27. The van der Waals surface area contributed by atoms with Crippen molar-refractivity contribution in [1.29, 1.82) is 0 Å². The number of likely N-dealkylation sites (tertiary alicyclic amines) is 1. The first-order valence-electron chi connectivity index (χ1n) is 10.4. The SMILES string of the molecule is CC1=C(N2NCC3(CCN(CCc4ccc(-n5cnnn5)nc4)CC3)C2=O)COC1=O. The van der Waals surface area contributed by atoms with Crippen molar-refractivity contribution in [3.8, 4) is 5.82 Å². The lowest BCUT2D eigenvalue weighted by atomic mass is 9.78. The molecular weight excluding hydrogens is 400 g/mol. The quantitative estimate of drug-likeness (QED) is 0.654. The summed E-state index contributed by atoms with van der Waals surface area (Å²) in [6.45, 7) is 5.12. The topological polar surface area (TPSA) is 118 Å². The van der Waals surface area contributed by atoms with E-state index in [0.29, 0.717) is 23.6 Å². The van der Waals surface area contributed by atoms with E-state index in [2.05, 4.69) is 30.8 Å². The van der Waals surface area contributed by atoms with Gasteiger partial charge in [-0.3, -0.25) is 4.79 Å². The van der Waals surface area contributed by atoms with Crippen LogP contribution in [0.2, 0.25) is 0 Å². The van der Waals surface area contributed by atoms with E-state index in [9.17, 15) is 9.59 Å². The molecule has 0 saturated carbocycles. The molecule has 1 spiro atoms. The number of carbonyl (C=O) groups excluding carboxylic acids is 2. The summed E-state index contributed by atoms with van der Waals surface area (Å²) in [5.41, 5.74) is 5.10. The Hall–Kier alpha value is -3.18. The second-order valence-electron chi connectivity index (χ2n) is 8.27. The summed E-state index contributed by atoms with van der Waals surface area (Å²) >= 11 is 0. The molecule has 2 fully saturated rings. The van der Waals surface area contributed by atoms with Crippen molar-refractivity contribution in [2.75, 3.05) is 32.8 Å². The molecule has 11 nitrogen and oxygen atoms in total. The Morgan fingerprint density at radius 1 is 1.23 bits per heavy atom. The van der Waals surface area contributed by atoms with Gasteiger partial charge in [0.15, 0.2) is 5.82 Å². The Morgan fingerprint density at radius 2 is 2.06 bits per heavy atom. The number of aromatic nitrogens is 5. The molecule has 0 bridgehead atoms. The summed E-state index contributed by atoms with van der Waals surface area (Å²) in [4.78, 5) is 31.6. The molecule has 3 aliphatic rings. The maximum atomic E-state index is 13.2. The number of cyclic esters (lactones) is 1. The highest BCUT2D eigenvalue weighted by atomic mass is 16.5. The molecule has 31 heavy (non-hydrogen) atoms. The Morgan fingerprint density at radius 3 is 2.71 bits per heavy atom. The Bertz CT molecular complexity index is 1010. The first-order valence-corrected chi connectivity index (χ1v) is 10.4. The molecule has 162 valence electrons. The van der Waals surface area contributed by atoms with Crippen LogP contribution in [0.25, 0.3) is 5.82 Å². The normalized spacial score (nSPS) is 21.4. The van der Waals surface area contributed by atoms with Crippen LogP contribution in [0.3, 0.4) is 0 Å². The smallest absolute Gasteiger partial charge is 0.336 e. The lowest BCUT2D eigenvalue weighted by molar-refractivity contribution is -0.139. The fourth-order valence-electron chi connectivity index (χ4n) is 4.38. The second kappa shape index (κ2) is 7.82. The van der Waals surface area contributed by atoms with Crippen LogP contribution in [-0.2, 0) is 20.7 Å². The molecule has 0 atom stereocenters. The molecule has 0 aliphatic carbocycles. The van der Waals surface area contributed by atoms with Gasteiger partial charge in [0.1, 0.15) is 12.9 Å². The minimum absolute atomic E-state index is 0.0576. The predicted octanol–water partition coefficient (Wildman–Crippen LogP) is -0.140. The number of hydrogen-bond donors (Lipinski definition) is 1. The molecule has 2 aromatic heterocycles. The number of hydrogen-bond acceptors (Lipinski definition) is 9. The number of nitrogens with zero attached hydrogens (tertiary/aromatic N) is 7. The van der Waals surface area contributed by atoms with E-state index in [0.717, 1.165) is 44.5 Å². The number of carbonyl (C=O) groups is 2. The minimum Gasteiger partial charge on any atom is -0.456 e. The summed E-state index contributed by atoms with van der Waals surface area (Å²) in [6, 6.07) is 3.95. The number of tetrazole rings is 1. The molecule has 2 aromatic rings. The molecule has 5 rings (SSSR count). The number of amides is 1. The number of rotatable bonds is 5. The molecule has 1 N–H and O–H groups in total.